The van der Waals surface area contributed by atoms with E-state index in [1.165, 1.54) is 73.9 Å². The van der Waals surface area contributed by atoms with E-state index < -0.39 is 70.9 Å². The first-order valence-corrected chi connectivity index (χ1v) is 34.3. The summed E-state index contributed by atoms with van der Waals surface area (Å²) >= 11 is 0. The summed E-state index contributed by atoms with van der Waals surface area (Å²) in [6.07, 6.45) is 17.2. The predicted molar refractivity (Wildman–Crippen MR) is 368 cm³/mol. The van der Waals surface area contributed by atoms with Crippen molar-refractivity contribution in [2.75, 3.05) is 19.8 Å². The average Bonchev–Trinajstić information content (AvgIpc) is 1.60. The number of hydrogen-bond donors (Lipinski definition) is 6. The molecule has 99 heavy (non-hydrogen) atoms. The van der Waals surface area contributed by atoms with Gasteiger partial charge < -0.3 is 35.0 Å². The van der Waals surface area contributed by atoms with Crippen LogP contribution in [-0.2, 0) is 38.4 Å². The van der Waals surface area contributed by atoms with Crippen molar-refractivity contribution in [3.05, 3.63) is 229 Å². The monoisotopic (exact) mass is 1350 g/mol. The number of rotatable bonds is 13. The summed E-state index contributed by atoms with van der Waals surface area (Å²) in [6, 6.07) is 30.2. The number of nitrogens with one attached hydrogen (secondary N) is 3. The third-order valence-corrected chi connectivity index (χ3v) is 22.8. The lowest BCUT2D eigenvalue weighted by Gasteiger charge is -2.75. The van der Waals surface area contributed by atoms with Crippen LogP contribution in [0.3, 0.4) is 0 Å². The van der Waals surface area contributed by atoms with Gasteiger partial charge in [0, 0.05) is 134 Å². The second-order valence-corrected chi connectivity index (χ2v) is 29.7. The minimum Gasteiger partial charge on any atom is -0.478 e. The molecule has 3 aromatic heterocycles. The first-order valence-electron chi connectivity index (χ1n) is 34.3. The van der Waals surface area contributed by atoms with Gasteiger partial charge in [-0.3, -0.25) is 14.7 Å². The van der Waals surface area contributed by atoms with E-state index in [9.17, 15) is 14.4 Å². The molecule has 9 aromatic rings. The summed E-state index contributed by atoms with van der Waals surface area (Å²) in [5, 5.41) is 29.9. The fraction of sp³-hybridized carbons (Fsp3) is 0.362. The molecule has 0 spiro atoms. The Hall–Kier alpha value is -9.01. The normalized spacial score (nSPS) is 27.2. The molecular formula is C80H78F6N6O7. The third-order valence-electron chi connectivity index (χ3n) is 22.8. The summed E-state index contributed by atoms with van der Waals surface area (Å²) in [5.74, 6) is -6.60. The Morgan fingerprint density at radius 3 is 1.27 bits per heavy atom. The zero-order valence-electron chi connectivity index (χ0n) is 55.5. The number of aliphatic carboxylic acids is 3. The Bertz CT molecular complexity index is 4720. The van der Waals surface area contributed by atoms with Crippen LogP contribution < -0.4 is 0 Å². The molecule has 0 radical (unpaired) electrons. The number of aromatic nitrogens is 3. The quantitative estimate of drug-likeness (QED) is 0.0481. The molecule has 6 unspecified atom stereocenters. The Morgan fingerprint density at radius 2 is 0.879 bits per heavy atom. The van der Waals surface area contributed by atoms with Crippen LogP contribution in [0.5, 0.6) is 0 Å². The van der Waals surface area contributed by atoms with Gasteiger partial charge in [-0.05, 0) is 214 Å². The maximum atomic E-state index is 15.6. The highest BCUT2D eigenvalue weighted by Crippen LogP contribution is 2.72. The van der Waals surface area contributed by atoms with Crippen molar-refractivity contribution < 1.29 is 60.8 Å². The van der Waals surface area contributed by atoms with Crippen LogP contribution in [0.15, 0.2) is 127 Å². The average molecular weight is 1350 g/mol. The van der Waals surface area contributed by atoms with Crippen molar-refractivity contribution in [2.24, 2.45) is 16.7 Å². The Morgan fingerprint density at radius 1 is 0.515 bits per heavy atom. The molecule has 6 atom stereocenters. The van der Waals surface area contributed by atoms with Gasteiger partial charge in [0.05, 0.1) is 18.1 Å². The van der Waals surface area contributed by atoms with Crippen molar-refractivity contribution in [3.63, 3.8) is 0 Å². The molecule has 7 heterocycles. The second-order valence-electron chi connectivity index (χ2n) is 29.7. The summed E-state index contributed by atoms with van der Waals surface area (Å²) < 4.78 is 99.0. The molecule has 6 N–H and O–H groups in total. The molecule has 7 fully saturated rings. The Labute approximate surface area is 568 Å². The summed E-state index contributed by atoms with van der Waals surface area (Å²) in [4.78, 5) is 49.9. The highest BCUT2D eigenvalue weighted by Gasteiger charge is 2.70. The molecule has 10 aliphatic rings. The van der Waals surface area contributed by atoms with Crippen LogP contribution in [0.1, 0.15) is 164 Å². The molecule has 4 bridgehead atoms. The van der Waals surface area contributed by atoms with E-state index in [4.69, 9.17) is 20.1 Å². The molecule has 1 saturated heterocycles. The number of carbonyl (C=O) groups is 3. The van der Waals surface area contributed by atoms with Crippen LogP contribution in [0.25, 0.3) is 50.9 Å². The lowest BCUT2D eigenvalue weighted by atomic mass is 9.39. The summed E-state index contributed by atoms with van der Waals surface area (Å²) in [5.41, 5.74) is 10.1. The second kappa shape index (κ2) is 25.3. The molecule has 6 saturated carbocycles. The maximum absolute atomic E-state index is 15.6. The van der Waals surface area contributed by atoms with Crippen LogP contribution in [0.2, 0.25) is 0 Å². The molecule has 19 rings (SSSR count). The fourth-order valence-corrected chi connectivity index (χ4v) is 19.0. The largest absolute Gasteiger partial charge is 0.478 e. The van der Waals surface area contributed by atoms with E-state index in [2.05, 4.69) is 69.5 Å². The molecule has 19 heteroatoms. The predicted octanol–water partition coefficient (Wildman–Crippen LogP) is 16.6. The number of H-pyrrole nitrogens is 3. The lowest BCUT2D eigenvalue weighted by Crippen LogP contribution is -2.76. The zero-order chi connectivity index (χ0) is 69.1. The van der Waals surface area contributed by atoms with E-state index in [-0.39, 0.29) is 68.5 Å². The lowest BCUT2D eigenvalue weighted by molar-refractivity contribution is -0.232. The summed E-state index contributed by atoms with van der Waals surface area (Å²) in [6.45, 7) is 10.8. The zero-order valence-corrected chi connectivity index (χ0v) is 55.5. The number of nitrogens with zero attached hydrogens (tertiary/aromatic N) is 3. The number of benzene rings is 6. The van der Waals surface area contributed by atoms with Crippen LogP contribution in [0.4, 0.5) is 26.3 Å². The number of carboxylic acids is 3. The van der Waals surface area contributed by atoms with E-state index >= 15 is 26.3 Å². The van der Waals surface area contributed by atoms with Crippen LogP contribution in [0, 0.1) is 51.7 Å². The Kier molecular flexibility index (Phi) is 16.8. The van der Waals surface area contributed by atoms with E-state index in [1.54, 1.807) is 0 Å². The molecule has 4 aliphatic heterocycles. The number of hydrogen-bond acceptors (Lipinski definition) is 7. The highest BCUT2D eigenvalue weighted by atomic mass is 19.2. The van der Waals surface area contributed by atoms with Gasteiger partial charge in [-0.25, -0.2) is 40.7 Å². The van der Waals surface area contributed by atoms with Gasteiger partial charge in [-0.2, -0.15) is 0 Å². The molecular weight excluding hydrogens is 1270 g/mol. The van der Waals surface area contributed by atoms with Crippen molar-refractivity contribution in [1.29, 1.82) is 0 Å². The minimum atomic E-state index is -1.17. The van der Waals surface area contributed by atoms with Gasteiger partial charge in [-0.15, -0.1) is 0 Å². The number of fused-ring (bicyclic) bond motifs is 9. The van der Waals surface area contributed by atoms with Crippen LogP contribution >= 0.6 is 0 Å². The molecule has 512 valence electrons. The third kappa shape index (κ3) is 11.8. The van der Waals surface area contributed by atoms with E-state index in [0.717, 1.165) is 149 Å². The standard InChI is InChI=1S/2C27H26F2N2O2.C26H26F2N2O3/c1-15-9-18-17-5-3-4-6-21(17)30-24(18)25(31(15)27-12-26(2,13-27)14-27)23-19(28)10-16(11-20(23)29)7-8-22(32)33;1-15-8-19-18-4-2-3-5-22(18)30-25(19)26(31(15)14-27-11-17(12-27)13-27)24-20(28)9-16(10-21(24)29)6-7-23(32)33;1-15-12-19-18-4-2-3-5-22(18)29-25(19)26(30(15)17-8-10-33-11-9-17)24-20(27)13-16(14-21(24)28)6-7-23(31)32/h3-8,10-11,15,25,30H,9,12-14H2,1-2H3,(H,32,33);2-7,9-10,15,17,26,30H,8,11-14H2,1H3,(H,32,33);2-7,13-15,17,26,29H,8-12H2,1H3,(H,31,32)/b8-7+;2*7-6+. The first kappa shape index (κ1) is 65.9. The van der Waals surface area contributed by atoms with Gasteiger partial charge >= 0.3 is 17.9 Å². The summed E-state index contributed by atoms with van der Waals surface area (Å²) in [7, 11) is 0. The Balaban J connectivity index is 0.000000121. The van der Waals surface area contributed by atoms with Crippen molar-refractivity contribution in [2.45, 2.75) is 146 Å². The molecule has 13 nitrogen and oxygen atoms in total. The van der Waals surface area contributed by atoms with Crippen LogP contribution in [-0.4, -0.2) is 112 Å². The molecule has 0 amide bonds. The number of ether oxygens (including phenoxy) is 1. The smallest absolute Gasteiger partial charge is 0.328 e. The first-order chi connectivity index (χ1) is 47.5. The fourth-order valence-electron chi connectivity index (χ4n) is 19.0. The molecule has 6 aromatic carbocycles. The van der Waals surface area contributed by atoms with Crippen molar-refractivity contribution >= 4 is 68.8 Å². The topological polar surface area (TPSA) is 178 Å². The van der Waals surface area contributed by atoms with Crippen molar-refractivity contribution in [3.8, 4) is 0 Å². The number of aromatic amines is 3. The molecule has 6 aliphatic carbocycles. The van der Waals surface area contributed by atoms with Crippen molar-refractivity contribution in [1.82, 2.24) is 29.7 Å². The highest BCUT2D eigenvalue weighted by molar-refractivity contribution is 5.89. The van der Waals surface area contributed by atoms with Gasteiger partial charge in [0.1, 0.15) is 34.9 Å². The van der Waals surface area contributed by atoms with Gasteiger partial charge in [-0.1, -0.05) is 61.5 Å². The number of carboxylic acid groups (broad SMARTS) is 3. The van der Waals surface area contributed by atoms with Gasteiger partial charge in [0.2, 0.25) is 0 Å². The van der Waals surface area contributed by atoms with Gasteiger partial charge in [0.25, 0.3) is 0 Å². The SMILES string of the molecule is CC1Cc2c([nH]c3ccccc23)C(c2c(F)cc(/C=C/C(=O)O)cc2F)N1C12CC(C)(C1)C2.CC1Cc2c([nH]c3ccccc23)C(c2c(F)cc(/C=C/C(=O)O)cc2F)N1C1CCOCC1.CC1Cc2c([nH]c3ccccc23)C(c2c(F)cc(/C=C/C(=O)O)cc2F)N1CC12CC(C1)C2. The van der Waals surface area contributed by atoms with E-state index in [0.29, 0.717) is 18.6 Å². The van der Waals surface area contributed by atoms with E-state index in [1.807, 2.05) is 60.7 Å². The minimum absolute atomic E-state index is 0.00618. The number of halogens is 6. The maximum Gasteiger partial charge on any atom is 0.328 e. The van der Waals surface area contributed by atoms with Gasteiger partial charge in [0.15, 0.2) is 0 Å². The number of para-hydroxylation sites is 3.